The molecule has 1 aromatic carbocycles. The summed E-state index contributed by atoms with van der Waals surface area (Å²) in [5.41, 5.74) is 0.505. The van der Waals surface area contributed by atoms with Crippen molar-refractivity contribution in [3.8, 4) is 11.5 Å². The monoisotopic (exact) mass is 445 g/mol. The predicted molar refractivity (Wildman–Crippen MR) is 123 cm³/mol. The van der Waals surface area contributed by atoms with Gasteiger partial charge in [-0.1, -0.05) is 6.07 Å². The van der Waals surface area contributed by atoms with E-state index in [2.05, 4.69) is 5.32 Å². The molecular weight excluding hydrogens is 410 g/mol. The highest BCUT2D eigenvalue weighted by Gasteiger charge is 2.30. The molecule has 8 heteroatoms. The van der Waals surface area contributed by atoms with Crippen molar-refractivity contribution in [2.45, 2.75) is 46.2 Å². The van der Waals surface area contributed by atoms with Crippen LogP contribution in [0.1, 0.15) is 39.0 Å². The third-order valence-corrected chi connectivity index (χ3v) is 5.07. The first-order chi connectivity index (χ1) is 15.2. The zero-order valence-corrected chi connectivity index (χ0v) is 19.9. The first-order valence-corrected chi connectivity index (χ1v) is 10.8. The van der Waals surface area contributed by atoms with Crippen LogP contribution in [0.4, 0.5) is 4.79 Å². The second-order valence-corrected chi connectivity index (χ2v) is 8.43. The van der Waals surface area contributed by atoms with Gasteiger partial charge in [0.05, 0.1) is 27.0 Å². The number of nitrogens with one attached hydrogen (secondary N) is 1. The Bertz CT molecular complexity index is 874. The number of amides is 3. The van der Waals surface area contributed by atoms with Crippen LogP contribution in [0.3, 0.4) is 0 Å². The minimum absolute atomic E-state index is 0.0258. The number of benzene rings is 1. The lowest BCUT2D eigenvalue weighted by atomic mass is 10.1. The summed E-state index contributed by atoms with van der Waals surface area (Å²) in [7, 11) is 3.19. The van der Waals surface area contributed by atoms with Crippen LogP contribution in [0.2, 0.25) is 0 Å². The van der Waals surface area contributed by atoms with Crippen molar-refractivity contribution in [2.75, 3.05) is 33.9 Å². The second kappa shape index (κ2) is 11.5. The van der Waals surface area contributed by atoms with Crippen LogP contribution in [0.5, 0.6) is 11.5 Å². The maximum atomic E-state index is 13.3. The number of carbonyl (C=O) groups excluding carboxylic acids is 2. The topological polar surface area (TPSA) is 84.3 Å². The Morgan fingerprint density at radius 3 is 2.38 bits per heavy atom. The molecule has 32 heavy (non-hydrogen) atoms. The molecule has 0 atom stereocenters. The highest BCUT2D eigenvalue weighted by molar-refractivity contribution is 5.84. The van der Waals surface area contributed by atoms with E-state index in [9.17, 15) is 9.59 Å². The molecule has 0 unspecified atom stereocenters. The molecular formula is C24H35N3O5. The molecule has 0 aliphatic heterocycles. The third kappa shape index (κ3) is 6.93. The minimum Gasteiger partial charge on any atom is -0.493 e. The van der Waals surface area contributed by atoms with Gasteiger partial charge in [-0.25, -0.2) is 4.79 Å². The quantitative estimate of drug-likeness (QED) is 0.603. The molecule has 2 aromatic rings. The maximum absolute atomic E-state index is 13.3. The molecule has 0 aliphatic carbocycles. The third-order valence-electron chi connectivity index (χ3n) is 5.07. The highest BCUT2D eigenvalue weighted by Crippen LogP contribution is 2.28. The van der Waals surface area contributed by atoms with Crippen LogP contribution in [0, 0.1) is 0 Å². The standard InChI is InChI=1S/C24H35N3O5/c1-7-25-23(29)27(24(2,3)4)17-22(28)26(16-19-9-8-14-32-19)13-12-18-10-11-20(30-5)21(15-18)31-6/h8-11,14-15H,7,12-13,16-17H2,1-6H3,(H,25,29). The van der Waals surface area contributed by atoms with E-state index in [1.54, 1.807) is 36.3 Å². The van der Waals surface area contributed by atoms with Crippen molar-refractivity contribution in [3.63, 3.8) is 0 Å². The number of rotatable bonds is 10. The van der Waals surface area contributed by atoms with Gasteiger partial charge in [0.1, 0.15) is 12.3 Å². The number of ether oxygens (including phenoxy) is 2. The number of nitrogens with zero attached hydrogens (tertiary/aromatic N) is 2. The summed E-state index contributed by atoms with van der Waals surface area (Å²) >= 11 is 0. The molecule has 1 heterocycles. The van der Waals surface area contributed by atoms with Gasteiger partial charge in [-0.05, 0) is 63.9 Å². The summed E-state index contributed by atoms with van der Waals surface area (Å²) in [5.74, 6) is 1.83. The van der Waals surface area contributed by atoms with E-state index in [1.807, 2.05) is 52.0 Å². The second-order valence-electron chi connectivity index (χ2n) is 8.43. The van der Waals surface area contributed by atoms with Crippen molar-refractivity contribution in [1.29, 1.82) is 0 Å². The summed E-state index contributed by atoms with van der Waals surface area (Å²) in [4.78, 5) is 29.1. The largest absolute Gasteiger partial charge is 0.493 e. The van der Waals surface area contributed by atoms with E-state index in [1.165, 1.54) is 0 Å². The molecule has 1 aromatic heterocycles. The van der Waals surface area contributed by atoms with Gasteiger partial charge in [0.2, 0.25) is 5.91 Å². The van der Waals surface area contributed by atoms with E-state index in [-0.39, 0.29) is 18.5 Å². The van der Waals surface area contributed by atoms with Gasteiger partial charge in [-0.3, -0.25) is 4.79 Å². The van der Waals surface area contributed by atoms with Crippen molar-refractivity contribution in [3.05, 3.63) is 47.9 Å². The lowest BCUT2D eigenvalue weighted by molar-refractivity contribution is -0.133. The highest BCUT2D eigenvalue weighted by atomic mass is 16.5. The number of carbonyl (C=O) groups is 2. The van der Waals surface area contributed by atoms with Crippen molar-refractivity contribution >= 4 is 11.9 Å². The van der Waals surface area contributed by atoms with Crippen LogP contribution in [0.15, 0.2) is 41.0 Å². The molecule has 0 saturated carbocycles. The molecule has 3 amide bonds. The molecule has 0 spiro atoms. The van der Waals surface area contributed by atoms with Gasteiger partial charge in [0.15, 0.2) is 11.5 Å². The molecule has 0 saturated heterocycles. The lowest BCUT2D eigenvalue weighted by Gasteiger charge is -2.36. The molecule has 0 aliphatic rings. The van der Waals surface area contributed by atoms with Gasteiger partial charge in [0.25, 0.3) is 0 Å². The molecule has 2 rings (SSSR count). The average Bonchev–Trinajstić information content (AvgIpc) is 3.27. The number of urea groups is 1. The fraction of sp³-hybridized carbons (Fsp3) is 0.500. The normalized spacial score (nSPS) is 11.1. The Morgan fingerprint density at radius 2 is 1.81 bits per heavy atom. The predicted octanol–water partition coefficient (Wildman–Crippen LogP) is 3.70. The van der Waals surface area contributed by atoms with Crippen LogP contribution >= 0.6 is 0 Å². The summed E-state index contributed by atoms with van der Waals surface area (Å²) in [6.45, 7) is 8.85. The average molecular weight is 446 g/mol. The fourth-order valence-corrected chi connectivity index (χ4v) is 3.28. The summed E-state index contributed by atoms with van der Waals surface area (Å²) in [6.07, 6.45) is 2.20. The number of furan rings is 1. The van der Waals surface area contributed by atoms with Crippen LogP contribution in [-0.4, -0.2) is 61.1 Å². The summed E-state index contributed by atoms with van der Waals surface area (Å²) in [6, 6.07) is 9.08. The van der Waals surface area contributed by atoms with E-state index in [0.717, 1.165) is 5.56 Å². The zero-order chi connectivity index (χ0) is 23.7. The van der Waals surface area contributed by atoms with Crippen molar-refractivity contribution in [1.82, 2.24) is 15.1 Å². The number of methoxy groups -OCH3 is 2. The molecule has 8 nitrogen and oxygen atoms in total. The number of hydrogen-bond donors (Lipinski definition) is 1. The lowest BCUT2D eigenvalue weighted by Crippen LogP contribution is -2.54. The molecule has 1 N–H and O–H groups in total. The smallest absolute Gasteiger partial charge is 0.318 e. The van der Waals surface area contributed by atoms with Gasteiger partial charge in [0, 0.05) is 18.6 Å². The fourth-order valence-electron chi connectivity index (χ4n) is 3.28. The first-order valence-electron chi connectivity index (χ1n) is 10.8. The Labute approximate surface area is 190 Å². The Morgan fingerprint density at radius 1 is 1.09 bits per heavy atom. The Hall–Kier alpha value is -3.16. The molecule has 0 bridgehead atoms. The maximum Gasteiger partial charge on any atom is 0.318 e. The van der Waals surface area contributed by atoms with Crippen molar-refractivity contribution in [2.24, 2.45) is 0 Å². The molecule has 0 radical (unpaired) electrons. The van der Waals surface area contributed by atoms with Crippen LogP contribution in [-0.2, 0) is 17.8 Å². The van der Waals surface area contributed by atoms with Gasteiger partial charge in [-0.15, -0.1) is 0 Å². The van der Waals surface area contributed by atoms with E-state index >= 15 is 0 Å². The van der Waals surface area contributed by atoms with Crippen LogP contribution < -0.4 is 14.8 Å². The number of hydrogen-bond acceptors (Lipinski definition) is 5. The zero-order valence-electron chi connectivity index (χ0n) is 19.9. The van der Waals surface area contributed by atoms with E-state index < -0.39 is 5.54 Å². The minimum atomic E-state index is -0.505. The van der Waals surface area contributed by atoms with Crippen LogP contribution in [0.25, 0.3) is 0 Å². The summed E-state index contributed by atoms with van der Waals surface area (Å²) in [5, 5.41) is 2.80. The Balaban J connectivity index is 2.18. The van der Waals surface area contributed by atoms with Gasteiger partial charge in [-0.2, -0.15) is 0 Å². The first kappa shape index (κ1) is 25.1. The SMILES string of the molecule is CCNC(=O)N(CC(=O)N(CCc1ccc(OC)c(OC)c1)Cc1ccco1)C(C)(C)C. The summed E-state index contributed by atoms with van der Waals surface area (Å²) < 4.78 is 16.1. The molecule has 176 valence electrons. The van der Waals surface area contributed by atoms with E-state index in [4.69, 9.17) is 13.9 Å². The van der Waals surface area contributed by atoms with Gasteiger partial charge < -0.3 is 29.0 Å². The Kier molecular flexibility index (Phi) is 8.99. The van der Waals surface area contributed by atoms with Crippen molar-refractivity contribution < 1.29 is 23.5 Å². The molecule has 0 fully saturated rings. The van der Waals surface area contributed by atoms with E-state index in [0.29, 0.717) is 43.3 Å². The van der Waals surface area contributed by atoms with Gasteiger partial charge >= 0.3 is 6.03 Å².